The SMILES string of the molecule is CC1(C)C(CN)C1c1cccc(O)c1Br. The van der Waals surface area contributed by atoms with Crippen LogP contribution in [0.5, 0.6) is 5.75 Å². The molecule has 2 nitrogen and oxygen atoms in total. The fourth-order valence-electron chi connectivity index (χ4n) is 2.58. The van der Waals surface area contributed by atoms with Crippen molar-refractivity contribution in [3.63, 3.8) is 0 Å². The maximum atomic E-state index is 9.63. The molecule has 1 aromatic rings. The predicted octanol–water partition coefficient (Wildman–Crippen LogP) is 2.85. The number of aromatic hydroxyl groups is 1. The topological polar surface area (TPSA) is 46.2 Å². The number of nitrogens with two attached hydrogens (primary N) is 1. The molecule has 0 spiro atoms. The number of phenolic OH excluding ortho intramolecular Hbond substituents is 1. The van der Waals surface area contributed by atoms with Crippen LogP contribution in [0.2, 0.25) is 0 Å². The van der Waals surface area contributed by atoms with Crippen LogP contribution in [0.1, 0.15) is 25.3 Å². The number of phenols is 1. The Morgan fingerprint density at radius 2 is 2.13 bits per heavy atom. The highest BCUT2D eigenvalue weighted by molar-refractivity contribution is 9.10. The molecule has 1 saturated carbocycles. The van der Waals surface area contributed by atoms with Crippen molar-refractivity contribution < 1.29 is 5.11 Å². The van der Waals surface area contributed by atoms with Gasteiger partial charge in [-0.3, -0.25) is 0 Å². The summed E-state index contributed by atoms with van der Waals surface area (Å²) in [5.74, 6) is 1.30. The van der Waals surface area contributed by atoms with Gasteiger partial charge in [-0.05, 0) is 51.4 Å². The van der Waals surface area contributed by atoms with Gasteiger partial charge in [0.1, 0.15) is 5.75 Å². The summed E-state index contributed by atoms with van der Waals surface area (Å²) in [6.07, 6.45) is 0. The first-order valence-electron chi connectivity index (χ1n) is 5.17. The molecule has 2 atom stereocenters. The zero-order valence-corrected chi connectivity index (χ0v) is 10.6. The Morgan fingerprint density at radius 1 is 1.47 bits per heavy atom. The van der Waals surface area contributed by atoms with Gasteiger partial charge < -0.3 is 10.8 Å². The fourth-order valence-corrected chi connectivity index (χ4v) is 3.09. The van der Waals surface area contributed by atoms with Gasteiger partial charge in [-0.15, -0.1) is 0 Å². The molecule has 1 aliphatic rings. The van der Waals surface area contributed by atoms with E-state index in [1.54, 1.807) is 6.07 Å². The number of hydrogen-bond donors (Lipinski definition) is 2. The average molecular weight is 270 g/mol. The number of rotatable bonds is 2. The molecule has 0 amide bonds. The summed E-state index contributed by atoms with van der Waals surface area (Å²) in [4.78, 5) is 0. The quantitative estimate of drug-likeness (QED) is 0.868. The van der Waals surface area contributed by atoms with E-state index >= 15 is 0 Å². The molecule has 1 aromatic carbocycles. The molecule has 82 valence electrons. The molecule has 0 aromatic heterocycles. The standard InChI is InChI=1S/C12H16BrNO/c1-12(2)8(6-14)10(12)7-4-3-5-9(15)11(7)13/h3-5,8,10,15H,6,14H2,1-2H3. The molecule has 0 heterocycles. The third kappa shape index (κ3) is 1.58. The predicted molar refractivity (Wildman–Crippen MR) is 64.9 cm³/mol. The molecule has 1 fully saturated rings. The second-order valence-electron chi connectivity index (χ2n) is 4.82. The summed E-state index contributed by atoms with van der Waals surface area (Å²) >= 11 is 3.44. The van der Waals surface area contributed by atoms with Gasteiger partial charge >= 0.3 is 0 Å². The van der Waals surface area contributed by atoms with Crippen LogP contribution < -0.4 is 5.73 Å². The van der Waals surface area contributed by atoms with Gasteiger partial charge in [0.2, 0.25) is 0 Å². The molecule has 2 unspecified atom stereocenters. The van der Waals surface area contributed by atoms with E-state index in [1.165, 1.54) is 5.56 Å². The lowest BCUT2D eigenvalue weighted by molar-refractivity contribution is 0.470. The average Bonchev–Trinajstić information content (AvgIpc) is 2.73. The van der Waals surface area contributed by atoms with Gasteiger partial charge in [-0.2, -0.15) is 0 Å². The Hall–Kier alpha value is -0.540. The van der Waals surface area contributed by atoms with Crippen LogP contribution >= 0.6 is 15.9 Å². The smallest absolute Gasteiger partial charge is 0.130 e. The molecule has 2 rings (SSSR count). The molecular weight excluding hydrogens is 254 g/mol. The Kier molecular flexibility index (Phi) is 2.55. The minimum Gasteiger partial charge on any atom is -0.507 e. The summed E-state index contributed by atoms with van der Waals surface area (Å²) in [5, 5.41) is 9.63. The van der Waals surface area contributed by atoms with E-state index in [0.717, 1.165) is 4.47 Å². The highest BCUT2D eigenvalue weighted by Gasteiger charge is 2.57. The molecule has 0 saturated heterocycles. The Balaban J connectivity index is 2.37. The second-order valence-corrected chi connectivity index (χ2v) is 5.61. The normalized spacial score (nSPS) is 27.7. The molecule has 3 N–H and O–H groups in total. The Labute approximate surface area is 98.6 Å². The lowest BCUT2D eigenvalue weighted by atomic mass is 10.0. The van der Waals surface area contributed by atoms with Crippen molar-refractivity contribution in [3.8, 4) is 5.75 Å². The van der Waals surface area contributed by atoms with Crippen molar-refractivity contribution in [2.24, 2.45) is 17.1 Å². The van der Waals surface area contributed by atoms with Crippen LogP contribution in [-0.2, 0) is 0 Å². The lowest BCUT2D eigenvalue weighted by Crippen LogP contribution is -2.05. The van der Waals surface area contributed by atoms with Crippen molar-refractivity contribution in [3.05, 3.63) is 28.2 Å². The van der Waals surface area contributed by atoms with E-state index in [9.17, 15) is 5.11 Å². The van der Waals surface area contributed by atoms with Crippen molar-refractivity contribution in [1.82, 2.24) is 0 Å². The van der Waals surface area contributed by atoms with Crippen molar-refractivity contribution in [2.75, 3.05) is 6.54 Å². The minimum absolute atomic E-state index is 0.255. The largest absolute Gasteiger partial charge is 0.507 e. The van der Waals surface area contributed by atoms with Crippen LogP contribution in [0, 0.1) is 11.3 Å². The van der Waals surface area contributed by atoms with Gasteiger partial charge in [0.05, 0.1) is 4.47 Å². The summed E-state index contributed by atoms with van der Waals surface area (Å²) in [6.45, 7) is 5.16. The number of hydrogen-bond acceptors (Lipinski definition) is 2. The summed E-state index contributed by atoms with van der Waals surface area (Å²) in [5.41, 5.74) is 7.18. The number of halogens is 1. The first-order valence-corrected chi connectivity index (χ1v) is 5.97. The van der Waals surface area contributed by atoms with E-state index in [4.69, 9.17) is 5.73 Å². The van der Waals surface area contributed by atoms with Crippen molar-refractivity contribution in [1.29, 1.82) is 0 Å². The van der Waals surface area contributed by atoms with E-state index in [0.29, 0.717) is 24.1 Å². The van der Waals surface area contributed by atoms with Crippen LogP contribution in [-0.4, -0.2) is 11.7 Å². The molecule has 1 aliphatic carbocycles. The molecule has 15 heavy (non-hydrogen) atoms. The van der Waals surface area contributed by atoms with E-state index in [1.807, 2.05) is 6.07 Å². The summed E-state index contributed by atoms with van der Waals surface area (Å²) in [6, 6.07) is 5.64. The highest BCUT2D eigenvalue weighted by atomic mass is 79.9. The zero-order valence-electron chi connectivity index (χ0n) is 9.00. The molecule has 0 aliphatic heterocycles. The third-order valence-electron chi connectivity index (χ3n) is 3.65. The van der Waals surface area contributed by atoms with E-state index in [2.05, 4.69) is 35.8 Å². The van der Waals surface area contributed by atoms with Gasteiger partial charge in [0, 0.05) is 0 Å². The van der Waals surface area contributed by atoms with Gasteiger partial charge in [-0.1, -0.05) is 26.0 Å². The maximum absolute atomic E-state index is 9.63. The van der Waals surface area contributed by atoms with Crippen LogP contribution in [0.25, 0.3) is 0 Å². The fraction of sp³-hybridized carbons (Fsp3) is 0.500. The van der Waals surface area contributed by atoms with Gasteiger partial charge in [0.15, 0.2) is 0 Å². The van der Waals surface area contributed by atoms with Crippen molar-refractivity contribution >= 4 is 15.9 Å². The van der Waals surface area contributed by atoms with Crippen molar-refractivity contribution in [2.45, 2.75) is 19.8 Å². The molecule has 0 radical (unpaired) electrons. The second kappa shape index (κ2) is 3.49. The summed E-state index contributed by atoms with van der Waals surface area (Å²) < 4.78 is 0.819. The van der Waals surface area contributed by atoms with E-state index in [-0.39, 0.29) is 5.41 Å². The first kappa shape index (κ1) is 11.0. The third-order valence-corrected chi connectivity index (χ3v) is 4.51. The first-order chi connectivity index (χ1) is 7.00. The molecule has 0 bridgehead atoms. The maximum Gasteiger partial charge on any atom is 0.130 e. The van der Waals surface area contributed by atoms with Gasteiger partial charge in [0.25, 0.3) is 0 Å². The number of benzene rings is 1. The van der Waals surface area contributed by atoms with Crippen LogP contribution in [0.3, 0.4) is 0 Å². The molecular formula is C12H16BrNO. The van der Waals surface area contributed by atoms with E-state index < -0.39 is 0 Å². The van der Waals surface area contributed by atoms with Crippen LogP contribution in [0.4, 0.5) is 0 Å². The minimum atomic E-state index is 0.255. The Bertz CT molecular complexity index is 389. The van der Waals surface area contributed by atoms with Gasteiger partial charge in [-0.25, -0.2) is 0 Å². The monoisotopic (exact) mass is 269 g/mol. The molecule has 3 heteroatoms. The van der Waals surface area contributed by atoms with Crippen LogP contribution in [0.15, 0.2) is 22.7 Å². The zero-order chi connectivity index (χ0) is 11.2. The Morgan fingerprint density at radius 3 is 2.67 bits per heavy atom. The highest BCUT2D eigenvalue weighted by Crippen LogP contribution is 2.65. The summed E-state index contributed by atoms with van der Waals surface area (Å²) in [7, 11) is 0. The lowest BCUT2D eigenvalue weighted by Gasteiger charge is -2.07.